The molecule has 0 radical (unpaired) electrons. The largest absolute Gasteiger partial charge is 0.478 e. The van der Waals surface area contributed by atoms with Gasteiger partial charge in [0.15, 0.2) is 9.84 Å². The maximum absolute atomic E-state index is 12.0. The second-order valence-electron chi connectivity index (χ2n) is 4.61. The van der Waals surface area contributed by atoms with E-state index >= 15 is 0 Å². The van der Waals surface area contributed by atoms with Crippen LogP contribution in [0.15, 0.2) is 23.1 Å². The van der Waals surface area contributed by atoms with E-state index in [0.717, 1.165) is 0 Å². The molecule has 100 valence electrons. The molecule has 1 aliphatic carbocycles. The van der Waals surface area contributed by atoms with Crippen molar-refractivity contribution >= 4 is 15.8 Å². The first-order valence-electron chi connectivity index (χ1n) is 5.88. The second kappa shape index (κ2) is 4.35. The number of rotatable bonds is 4. The lowest BCUT2D eigenvalue weighted by Crippen LogP contribution is -2.13. The fourth-order valence-corrected chi connectivity index (χ4v) is 3.11. The fraction of sp³-hybridized carbons (Fsp3) is 0.385. The molecule has 0 spiro atoms. The summed E-state index contributed by atoms with van der Waals surface area (Å²) in [6.07, 6.45) is 1.36. The van der Waals surface area contributed by atoms with Crippen LogP contribution in [-0.4, -0.2) is 25.2 Å². The van der Waals surface area contributed by atoms with Gasteiger partial charge in [0.25, 0.3) is 0 Å². The van der Waals surface area contributed by atoms with E-state index in [1.54, 1.807) is 0 Å². The lowest BCUT2D eigenvalue weighted by Gasteiger charge is -2.11. The number of hydrogen-bond acceptors (Lipinski definition) is 4. The molecule has 1 N–H and O–H groups in total. The Bertz CT molecular complexity index is 681. The molecule has 1 aromatic carbocycles. The summed E-state index contributed by atoms with van der Waals surface area (Å²) in [5, 5.41) is 18.2. The number of carbonyl (C=O) groups is 1. The van der Waals surface area contributed by atoms with E-state index in [-0.39, 0.29) is 16.2 Å². The van der Waals surface area contributed by atoms with E-state index < -0.39 is 21.2 Å². The molecular formula is C13H13NO4S. The highest BCUT2D eigenvalue weighted by atomic mass is 32.2. The van der Waals surface area contributed by atoms with Gasteiger partial charge in [-0.3, -0.25) is 0 Å². The summed E-state index contributed by atoms with van der Waals surface area (Å²) in [6, 6.07) is 6.33. The molecule has 0 aromatic heterocycles. The third-order valence-electron chi connectivity index (χ3n) is 3.44. The van der Waals surface area contributed by atoms with E-state index in [1.165, 1.54) is 25.1 Å². The zero-order valence-corrected chi connectivity index (χ0v) is 11.2. The minimum absolute atomic E-state index is 0.170. The van der Waals surface area contributed by atoms with Gasteiger partial charge in [0, 0.05) is 0 Å². The van der Waals surface area contributed by atoms with Crippen LogP contribution in [0.25, 0.3) is 0 Å². The van der Waals surface area contributed by atoms with Crippen molar-refractivity contribution in [3.05, 3.63) is 29.3 Å². The summed E-state index contributed by atoms with van der Waals surface area (Å²) in [5.41, 5.74) is -0.277. The van der Waals surface area contributed by atoms with Gasteiger partial charge in [-0.15, -0.1) is 0 Å². The van der Waals surface area contributed by atoms with Crippen molar-refractivity contribution in [2.75, 3.05) is 5.75 Å². The van der Waals surface area contributed by atoms with Crippen molar-refractivity contribution in [3.8, 4) is 6.07 Å². The van der Waals surface area contributed by atoms with Crippen molar-refractivity contribution in [1.29, 1.82) is 5.26 Å². The van der Waals surface area contributed by atoms with Crippen molar-refractivity contribution in [1.82, 2.24) is 0 Å². The van der Waals surface area contributed by atoms with Crippen LogP contribution >= 0.6 is 0 Å². The van der Waals surface area contributed by atoms with Crippen molar-refractivity contribution in [2.24, 2.45) is 0 Å². The zero-order valence-electron chi connectivity index (χ0n) is 10.4. The number of carboxylic acid groups (broad SMARTS) is 1. The Hall–Kier alpha value is -1.87. The number of benzene rings is 1. The number of hydrogen-bond donors (Lipinski definition) is 1. The molecule has 1 aliphatic rings. The summed E-state index contributed by atoms with van der Waals surface area (Å²) in [6.45, 7) is 1.46. The van der Waals surface area contributed by atoms with E-state index in [9.17, 15) is 13.2 Å². The summed E-state index contributed by atoms with van der Waals surface area (Å²) in [5.74, 6) is -1.45. The molecule has 0 unspecified atom stereocenters. The lowest BCUT2D eigenvalue weighted by molar-refractivity contribution is 0.0692. The number of nitrogens with zero attached hydrogens (tertiary/aromatic N) is 1. The van der Waals surface area contributed by atoms with Gasteiger partial charge in [0.2, 0.25) is 0 Å². The molecule has 0 saturated heterocycles. The van der Waals surface area contributed by atoms with Gasteiger partial charge in [0.05, 0.1) is 27.7 Å². The molecule has 0 atom stereocenters. The van der Waals surface area contributed by atoms with E-state index in [1.807, 2.05) is 0 Å². The number of carboxylic acids is 1. The Balaban J connectivity index is 2.65. The number of sulfone groups is 1. The normalized spacial score (nSPS) is 16.6. The monoisotopic (exact) mass is 279 g/mol. The fourth-order valence-electron chi connectivity index (χ4n) is 2.00. The topological polar surface area (TPSA) is 95.2 Å². The van der Waals surface area contributed by atoms with Crippen LogP contribution in [0.3, 0.4) is 0 Å². The van der Waals surface area contributed by atoms with Gasteiger partial charge >= 0.3 is 5.97 Å². The van der Waals surface area contributed by atoms with E-state index in [2.05, 4.69) is 6.07 Å². The second-order valence-corrected chi connectivity index (χ2v) is 6.86. The molecule has 6 heteroatoms. The molecule has 5 nitrogen and oxygen atoms in total. The lowest BCUT2D eigenvalue weighted by atomic mass is 9.96. The van der Waals surface area contributed by atoms with Crippen molar-refractivity contribution < 1.29 is 18.3 Å². The average molecular weight is 279 g/mol. The molecule has 0 bridgehead atoms. The van der Waals surface area contributed by atoms with Gasteiger partial charge in [-0.1, -0.05) is 13.0 Å². The molecule has 19 heavy (non-hydrogen) atoms. The van der Waals surface area contributed by atoms with Crippen LogP contribution in [0.1, 0.15) is 35.7 Å². The van der Waals surface area contributed by atoms with Gasteiger partial charge in [0.1, 0.15) is 0 Å². The summed E-state index contributed by atoms with van der Waals surface area (Å²) in [4.78, 5) is 10.9. The van der Waals surface area contributed by atoms with E-state index in [0.29, 0.717) is 18.4 Å². The Morgan fingerprint density at radius 3 is 2.53 bits per heavy atom. The smallest absolute Gasteiger partial charge is 0.337 e. The molecule has 1 fully saturated rings. The molecule has 0 amide bonds. The van der Waals surface area contributed by atoms with Gasteiger partial charge in [-0.2, -0.15) is 5.26 Å². The SMILES string of the molecule is CCS(=O)(=O)c1cc(C2(C#N)CC2)ccc1C(=O)O. The van der Waals surface area contributed by atoms with Gasteiger partial charge in [-0.05, 0) is 30.5 Å². The number of nitriles is 1. The third-order valence-corrected chi connectivity index (χ3v) is 5.21. The van der Waals surface area contributed by atoms with Crippen LogP contribution in [0, 0.1) is 11.3 Å². The zero-order chi connectivity index (χ0) is 14.3. The van der Waals surface area contributed by atoms with Gasteiger partial charge < -0.3 is 5.11 Å². The first-order valence-corrected chi connectivity index (χ1v) is 7.53. The summed E-state index contributed by atoms with van der Waals surface area (Å²) < 4.78 is 23.9. The Morgan fingerprint density at radius 2 is 2.11 bits per heavy atom. The van der Waals surface area contributed by atoms with Crippen LogP contribution in [-0.2, 0) is 15.3 Å². The van der Waals surface area contributed by atoms with E-state index in [4.69, 9.17) is 10.4 Å². The predicted molar refractivity (Wildman–Crippen MR) is 67.7 cm³/mol. The summed E-state index contributed by atoms with van der Waals surface area (Å²) >= 11 is 0. The quantitative estimate of drug-likeness (QED) is 0.905. The number of aromatic carboxylic acids is 1. The van der Waals surface area contributed by atoms with Crippen LogP contribution in [0.2, 0.25) is 0 Å². The van der Waals surface area contributed by atoms with Gasteiger partial charge in [-0.25, -0.2) is 13.2 Å². The molecule has 0 aliphatic heterocycles. The molecule has 2 rings (SSSR count). The molecule has 1 saturated carbocycles. The predicted octanol–water partition coefficient (Wildman–Crippen LogP) is 1.73. The molecule has 1 aromatic rings. The summed E-state index contributed by atoms with van der Waals surface area (Å²) in [7, 11) is -3.63. The average Bonchev–Trinajstić information content (AvgIpc) is 3.19. The molecule has 0 heterocycles. The highest BCUT2D eigenvalue weighted by molar-refractivity contribution is 7.91. The van der Waals surface area contributed by atoms with Crippen LogP contribution in [0.5, 0.6) is 0 Å². The van der Waals surface area contributed by atoms with Crippen molar-refractivity contribution in [3.63, 3.8) is 0 Å². The first kappa shape index (κ1) is 13.6. The Morgan fingerprint density at radius 1 is 1.47 bits per heavy atom. The Labute approximate surface area is 111 Å². The Kier molecular flexibility index (Phi) is 3.11. The highest BCUT2D eigenvalue weighted by Gasteiger charge is 2.45. The maximum Gasteiger partial charge on any atom is 0.337 e. The third kappa shape index (κ3) is 2.22. The minimum atomic E-state index is -3.63. The maximum atomic E-state index is 12.0. The van der Waals surface area contributed by atoms with Crippen molar-refractivity contribution in [2.45, 2.75) is 30.1 Å². The molecular weight excluding hydrogens is 266 g/mol. The first-order chi connectivity index (χ1) is 8.86. The van der Waals surface area contributed by atoms with Crippen LogP contribution in [0.4, 0.5) is 0 Å². The highest BCUT2D eigenvalue weighted by Crippen LogP contribution is 2.48. The van der Waals surface area contributed by atoms with Crippen LogP contribution < -0.4 is 0 Å². The standard InChI is InChI=1S/C13H13NO4S/c1-2-19(17,18)11-7-9(13(8-14)5-6-13)3-4-10(11)12(15)16/h3-4,7H,2,5-6H2,1H3,(H,15,16). The minimum Gasteiger partial charge on any atom is -0.478 e.